The second kappa shape index (κ2) is 14.2. The number of hydrogen-bond acceptors (Lipinski definition) is 2. The van der Waals surface area contributed by atoms with Crippen molar-refractivity contribution in [2.45, 2.75) is 40.2 Å². The average molecular weight is 547 g/mol. The van der Waals surface area contributed by atoms with E-state index in [9.17, 15) is 4.79 Å². The normalized spacial score (nSPS) is 10.1. The molecule has 135 valence electrons. The Hall–Kier alpha value is -1.02. The van der Waals surface area contributed by atoms with E-state index in [1.54, 1.807) is 13.2 Å². The second-order valence-electron chi connectivity index (χ2n) is 5.09. The summed E-state index contributed by atoms with van der Waals surface area (Å²) in [5.74, 6) is 0.645. The molecule has 0 fully saturated rings. The van der Waals surface area contributed by atoms with Crippen molar-refractivity contribution >= 4 is 5.91 Å². The topological polar surface area (TPSA) is 38.3 Å². The molecule has 1 unspecified atom stereocenters. The van der Waals surface area contributed by atoms with Gasteiger partial charge in [0.1, 0.15) is 0 Å². The number of rotatable bonds is 5. The fraction of sp³-hybridized carbons (Fsp3) is 0.350. The molecule has 1 amide bonds. The van der Waals surface area contributed by atoms with Crippen molar-refractivity contribution in [2.75, 3.05) is 7.11 Å². The number of amides is 1. The Morgan fingerprint density at radius 3 is 2.48 bits per heavy atom. The summed E-state index contributed by atoms with van der Waals surface area (Å²) in [5.41, 5.74) is 3.24. The Balaban J connectivity index is 0. The third kappa shape index (κ3) is 8.76. The van der Waals surface area contributed by atoms with Crippen LogP contribution in [0.15, 0.2) is 42.5 Å². The Kier molecular flexibility index (Phi) is 14.9. The largest absolute Gasteiger partial charge is 0.523 e. The third-order valence-electron chi connectivity index (χ3n) is 3.46. The molecule has 0 spiro atoms. The summed E-state index contributed by atoms with van der Waals surface area (Å²) in [7, 11) is 1.59. The predicted molar refractivity (Wildman–Crippen MR) is 94.6 cm³/mol. The summed E-state index contributed by atoms with van der Waals surface area (Å²) in [6, 6.07) is 16.5. The Morgan fingerprint density at radius 2 is 1.88 bits per heavy atom. The van der Waals surface area contributed by atoms with Gasteiger partial charge in [-0.2, -0.15) is 12.1 Å². The van der Waals surface area contributed by atoms with E-state index in [0.717, 1.165) is 11.1 Å². The van der Waals surface area contributed by atoms with E-state index in [-0.39, 0.29) is 51.6 Å². The molecule has 0 aliphatic carbocycles. The van der Waals surface area contributed by atoms with Gasteiger partial charge in [-0.3, -0.25) is 4.79 Å². The standard InChI is InChI=1S/C18H20NO2.C2H6.V.W/c1-13-7-4-5-10-17(13)14(2)19-18(20)12-15-8-6-9-16(11-15)21-3;1-2;;/h4-8,10-11,14H,12H2,1-3H3,(H,19,20);1-2H3;;/q-1;;;. The van der Waals surface area contributed by atoms with Crippen LogP contribution in [-0.2, 0) is 50.8 Å². The van der Waals surface area contributed by atoms with Gasteiger partial charge in [0.05, 0.1) is 13.2 Å². The molecule has 0 aliphatic rings. The van der Waals surface area contributed by atoms with Gasteiger partial charge in [0.25, 0.3) is 0 Å². The van der Waals surface area contributed by atoms with Crippen LogP contribution in [0, 0.1) is 13.0 Å². The molecule has 3 nitrogen and oxygen atoms in total. The van der Waals surface area contributed by atoms with Crippen LogP contribution in [0.25, 0.3) is 0 Å². The summed E-state index contributed by atoms with van der Waals surface area (Å²) >= 11 is 0. The first-order valence-electron chi connectivity index (χ1n) is 7.99. The van der Waals surface area contributed by atoms with Crippen LogP contribution in [0.1, 0.15) is 43.5 Å². The number of ether oxygens (including phenoxy) is 1. The average Bonchev–Trinajstić information content (AvgIpc) is 2.57. The molecular formula is C20H26NO2VW-. The molecule has 0 bridgehead atoms. The molecule has 0 saturated carbocycles. The molecular weight excluding hydrogens is 521 g/mol. The van der Waals surface area contributed by atoms with Crippen molar-refractivity contribution < 1.29 is 49.2 Å². The molecule has 0 saturated heterocycles. The number of benzene rings is 2. The van der Waals surface area contributed by atoms with E-state index in [1.165, 1.54) is 5.56 Å². The quantitative estimate of drug-likeness (QED) is 0.570. The molecule has 1 radical (unpaired) electrons. The first kappa shape index (κ1) is 26.2. The van der Waals surface area contributed by atoms with Gasteiger partial charge >= 0.3 is 0 Å². The summed E-state index contributed by atoms with van der Waals surface area (Å²) in [6.45, 7) is 8.05. The molecule has 1 N–H and O–H groups in total. The zero-order chi connectivity index (χ0) is 17.2. The minimum absolute atomic E-state index is 0. The molecule has 2 aromatic carbocycles. The van der Waals surface area contributed by atoms with Gasteiger partial charge in [0.2, 0.25) is 5.91 Å². The summed E-state index contributed by atoms with van der Waals surface area (Å²) < 4.78 is 5.12. The van der Waals surface area contributed by atoms with E-state index >= 15 is 0 Å². The van der Waals surface area contributed by atoms with Gasteiger partial charge in [0.15, 0.2) is 0 Å². The van der Waals surface area contributed by atoms with Crippen molar-refractivity contribution in [3.63, 3.8) is 0 Å². The molecule has 0 aromatic heterocycles. The summed E-state index contributed by atoms with van der Waals surface area (Å²) in [6.07, 6.45) is 0.335. The number of aryl methyl sites for hydroxylation is 1. The second-order valence-corrected chi connectivity index (χ2v) is 5.09. The van der Waals surface area contributed by atoms with Crippen LogP contribution in [0.5, 0.6) is 5.75 Å². The van der Waals surface area contributed by atoms with Crippen molar-refractivity contribution in [1.29, 1.82) is 0 Å². The maximum Gasteiger partial charge on any atom is 0.222 e. The Bertz CT molecular complexity index is 635. The summed E-state index contributed by atoms with van der Waals surface area (Å²) in [4.78, 5) is 12.1. The van der Waals surface area contributed by atoms with Gasteiger partial charge in [-0.25, -0.2) is 0 Å². The SMILES string of the molecule is CC.COc1[c-]ccc(CC(=O)NC(C)c2ccccc2C)c1.[V].[W]. The van der Waals surface area contributed by atoms with E-state index in [1.807, 2.05) is 51.1 Å². The number of hydrogen-bond donors (Lipinski definition) is 1. The number of nitrogens with one attached hydrogen (secondary N) is 1. The van der Waals surface area contributed by atoms with Crippen molar-refractivity contribution in [2.24, 2.45) is 0 Å². The van der Waals surface area contributed by atoms with Gasteiger partial charge in [0, 0.05) is 51.8 Å². The Morgan fingerprint density at radius 1 is 1.24 bits per heavy atom. The van der Waals surface area contributed by atoms with Gasteiger partial charge < -0.3 is 10.1 Å². The molecule has 0 aliphatic heterocycles. The van der Waals surface area contributed by atoms with Crippen LogP contribution >= 0.6 is 0 Å². The van der Waals surface area contributed by atoms with E-state index in [4.69, 9.17) is 4.74 Å². The molecule has 25 heavy (non-hydrogen) atoms. The minimum Gasteiger partial charge on any atom is -0.523 e. The van der Waals surface area contributed by atoms with Gasteiger partial charge in [-0.1, -0.05) is 38.1 Å². The predicted octanol–water partition coefficient (Wildman–Crippen LogP) is 4.24. The van der Waals surface area contributed by atoms with Crippen molar-refractivity contribution in [3.05, 3.63) is 65.2 Å². The molecule has 2 aromatic rings. The number of carbonyl (C=O) groups is 1. The van der Waals surface area contributed by atoms with E-state index < -0.39 is 0 Å². The number of carbonyl (C=O) groups excluding carboxylic acids is 1. The Labute approximate surface area is 178 Å². The van der Waals surface area contributed by atoms with E-state index in [2.05, 4.69) is 24.4 Å². The zero-order valence-corrected chi connectivity index (χ0v) is 19.8. The maximum atomic E-state index is 12.1. The van der Waals surface area contributed by atoms with E-state index in [0.29, 0.717) is 12.2 Å². The van der Waals surface area contributed by atoms with Crippen LogP contribution < -0.4 is 10.1 Å². The van der Waals surface area contributed by atoms with Crippen LogP contribution in [0.2, 0.25) is 0 Å². The van der Waals surface area contributed by atoms with Gasteiger partial charge in [-0.05, 0) is 25.0 Å². The van der Waals surface area contributed by atoms with Crippen molar-refractivity contribution in [1.82, 2.24) is 5.32 Å². The number of methoxy groups -OCH3 is 1. The van der Waals surface area contributed by atoms with Crippen LogP contribution in [0.4, 0.5) is 0 Å². The molecule has 0 heterocycles. The van der Waals surface area contributed by atoms with Crippen LogP contribution in [-0.4, -0.2) is 13.0 Å². The minimum atomic E-state index is -0.00382. The zero-order valence-electron chi connectivity index (χ0n) is 15.5. The molecule has 2 rings (SSSR count). The first-order valence-corrected chi connectivity index (χ1v) is 7.99. The smallest absolute Gasteiger partial charge is 0.222 e. The molecule has 5 heteroatoms. The van der Waals surface area contributed by atoms with Crippen LogP contribution in [0.3, 0.4) is 0 Å². The molecule has 1 atom stereocenters. The van der Waals surface area contributed by atoms with Gasteiger partial charge in [-0.15, -0.1) is 17.7 Å². The van der Waals surface area contributed by atoms with Crippen molar-refractivity contribution in [3.8, 4) is 5.75 Å². The fourth-order valence-corrected chi connectivity index (χ4v) is 2.35. The maximum absolute atomic E-state index is 12.1. The summed E-state index contributed by atoms with van der Waals surface area (Å²) in [5, 5.41) is 3.03. The fourth-order valence-electron chi connectivity index (χ4n) is 2.35. The first-order chi connectivity index (χ1) is 11.1. The third-order valence-corrected chi connectivity index (χ3v) is 3.46. The monoisotopic (exact) mass is 547 g/mol.